The van der Waals surface area contributed by atoms with E-state index in [0.717, 1.165) is 0 Å². The lowest BCUT2D eigenvalue weighted by atomic mass is 10.2. The van der Waals surface area contributed by atoms with Gasteiger partial charge in [-0.3, -0.25) is 4.79 Å². The average Bonchev–Trinajstić information content (AvgIpc) is 2.82. The molecule has 24 heavy (non-hydrogen) atoms. The summed E-state index contributed by atoms with van der Waals surface area (Å²) < 4.78 is 23.0. The highest BCUT2D eigenvalue weighted by atomic mass is 32.2. The Morgan fingerprint density at radius 3 is 2.17 bits per heavy atom. The summed E-state index contributed by atoms with van der Waals surface area (Å²) in [5.74, 6) is -0.495. The third-order valence-corrected chi connectivity index (χ3v) is 5.57. The first-order valence-corrected chi connectivity index (χ1v) is 9.36. The molecule has 3 N–H and O–H groups in total. The van der Waals surface area contributed by atoms with E-state index in [1.54, 1.807) is 48.5 Å². The van der Waals surface area contributed by atoms with E-state index in [1.165, 1.54) is 0 Å². The van der Waals surface area contributed by atoms with Crippen molar-refractivity contribution >= 4 is 27.1 Å². The Bertz CT molecular complexity index is 819. The Balaban J connectivity index is 1.63. The van der Waals surface area contributed by atoms with Crippen molar-refractivity contribution in [2.24, 2.45) is 0 Å². The number of carbonyl (C=O) groups is 1. The summed E-state index contributed by atoms with van der Waals surface area (Å²) in [6.45, 7) is 0. The molecule has 6 nitrogen and oxygen atoms in total. The number of rotatable bonds is 4. The zero-order valence-corrected chi connectivity index (χ0v) is 13.7. The highest BCUT2D eigenvalue weighted by molar-refractivity contribution is 7.91. The van der Waals surface area contributed by atoms with Crippen molar-refractivity contribution in [1.29, 1.82) is 0 Å². The van der Waals surface area contributed by atoms with Crippen molar-refractivity contribution in [1.82, 2.24) is 0 Å². The van der Waals surface area contributed by atoms with Gasteiger partial charge in [0.25, 0.3) is 5.91 Å². The van der Waals surface area contributed by atoms with Gasteiger partial charge in [0.05, 0.1) is 23.7 Å². The maximum Gasteiger partial charge on any atom is 0.255 e. The molecule has 2 aromatic rings. The third-order valence-electron chi connectivity index (χ3n) is 3.85. The number of amides is 1. The summed E-state index contributed by atoms with van der Waals surface area (Å²) in [4.78, 5) is 12.1. The van der Waals surface area contributed by atoms with Crippen LogP contribution in [0.15, 0.2) is 54.6 Å². The summed E-state index contributed by atoms with van der Waals surface area (Å²) in [6.07, 6.45) is -0.910. The van der Waals surface area contributed by atoms with Crippen LogP contribution in [-0.2, 0) is 9.84 Å². The molecule has 1 fully saturated rings. The molecule has 0 aromatic heterocycles. The molecule has 1 aliphatic rings. The molecule has 1 aliphatic heterocycles. The molecule has 3 rings (SSSR count). The van der Waals surface area contributed by atoms with Crippen LogP contribution in [0.1, 0.15) is 10.4 Å². The van der Waals surface area contributed by atoms with E-state index in [-0.39, 0.29) is 17.4 Å². The van der Waals surface area contributed by atoms with E-state index in [2.05, 4.69) is 10.6 Å². The molecule has 7 heteroatoms. The SMILES string of the molecule is O=C(Nc1ccc(NC2CS(=O)(=O)CC2O)cc1)c1ccccc1. The third kappa shape index (κ3) is 3.93. The van der Waals surface area contributed by atoms with Gasteiger partial charge in [-0.05, 0) is 36.4 Å². The number of aliphatic hydroxyl groups is 1. The fraction of sp³-hybridized carbons (Fsp3) is 0.235. The molecule has 0 saturated carbocycles. The maximum atomic E-state index is 12.1. The minimum atomic E-state index is -3.19. The van der Waals surface area contributed by atoms with Gasteiger partial charge >= 0.3 is 0 Å². The lowest BCUT2D eigenvalue weighted by Gasteiger charge is -2.16. The predicted molar refractivity (Wildman–Crippen MR) is 92.9 cm³/mol. The van der Waals surface area contributed by atoms with Crippen LogP contribution in [0.2, 0.25) is 0 Å². The van der Waals surface area contributed by atoms with Gasteiger partial charge < -0.3 is 15.7 Å². The number of carbonyl (C=O) groups excluding carboxylic acids is 1. The molecule has 126 valence electrons. The van der Waals surface area contributed by atoms with E-state index in [9.17, 15) is 18.3 Å². The molecule has 0 bridgehead atoms. The fourth-order valence-electron chi connectivity index (χ4n) is 2.62. The average molecular weight is 346 g/mol. The van der Waals surface area contributed by atoms with E-state index in [4.69, 9.17) is 0 Å². The van der Waals surface area contributed by atoms with Crippen LogP contribution >= 0.6 is 0 Å². The summed E-state index contributed by atoms with van der Waals surface area (Å²) in [5, 5.41) is 15.6. The highest BCUT2D eigenvalue weighted by Crippen LogP contribution is 2.20. The van der Waals surface area contributed by atoms with Gasteiger partial charge in [-0.15, -0.1) is 0 Å². The number of benzene rings is 2. The van der Waals surface area contributed by atoms with Gasteiger partial charge in [-0.1, -0.05) is 18.2 Å². The minimum absolute atomic E-state index is 0.0827. The van der Waals surface area contributed by atoms with Gasteiger partial charge in [0.15, 0.2) is 9.84 Å². The number of anilines is 2. The summed E-state index contributed by atoms with van der Waals surface area (Å²) in [7, 11) is -3.19. The molecule has 2 atom stereocenters. The molecule has 2 unspecified atom stereocenters. The van der Waals surface area contributed by atoms with Crippen molar-refractivity contribution in [3.05, 3.63) is 60.2 Å². The van der Waals surface area contributed by atoms with E-state index in [1.807, 2.05) is 6.07 Å². The van der Waals surface area contributed by atoms with Crippen LogP contribution in [0.5, 0.6) is 0 Å². The first-order valence-electron chi connectivity index (χ1n) is 7.54. The van der Waals surface area contributed by atoms with Gasteiger partial charge in [-0.2, -0.15) is 0 Å². The zero-order valence-electron chi connectivity index (χ0n) is 12.8. The van der Waals surface area contributed by atoms with Gasteiger partial charge in [0.2, 0.25) is 0 Å². The molecule has 1 saturated heterocycles. The summed E-state index contributed by atoms with van der Waals surface area (Å²) in [6, 6.07) is 15.3. The smallest absolute Gasteiger partial charge is 0.255 e. The number of hydrogen-bond acceptors (Lipinski definition) is 5. The molecule has 1 heterocycles. The molecule has 0 radical (unpaired) electrons. The fourth-order valence-corrected chi connectivity index (χ4v) is 4.36. The molecule has 0 spiro atoms. The van der Waals surface area contributed by atoms with E-state index in [0.29, 0.717) is 16.9 Å². The quantitative estimate of drug-likeness (QED) is 0.780. The van der Waals surface area contributed by atoms with Crippen molar-refractivity contribution in [3.63, 3.8) is 0 Å². The van der Waals surface area contributed by atoms with Crippen LogP contribution in [0.3, 0.4) is 0 Å². The zero-order chi connectivity index (χ0) is 17.2. The van der Waals surface area contributed by atoms with E-state index < -0.39 is 22.0 Å². The second kappa shape index (κ2) is 6.62. The van der Waals surface area contributed by atoms with Crippen LogP contribution in [0.4, 0.5) is 11.4 Å². The summed E-state index contributed by atoms with van der Waals surface area (Å²) in [5.41, 5.74) is 1.89. The van der Waals surface area contributed by atoms with Crippen LogP contribution < -0.4 is 10.6 Å². The second-order valence-corrected chi connectivity index (χ2v) is 7.95. The Hall–Kier alpha value is -2.38. The lowest BCUT2D eigenvalue weighted by molar-refractivity contribution is 0.102. The molecular weight excluding hydrogens is 328 g/mol. The minimum Gasteiger partial charge on any atom is -0.390 e. The monoisotopic (exact) mass is 346 g/mol. The van der Waals surface area contributed by atoms with Crippen molar-refractivity contribution < 1.29 is 18.3 Å². The van der Waals surface area contributed by atoms with Gasteiger partial charge in [-0.25, -0.2) is 8.42 Å². The lowest BCUT2D eigenvalue weighted by Crippen LogP contribution is -2.31. The Kier molecular flexibility index (Phi) is 4.55. The van der Waals surface area contributed by atoms with Crippen molar-refractivity contribution in [3.8, 4) is 0 Å². The highest BCUT2D eigenvalue weighted by Gasteiger charge is 2.36. The van der Waals surface area contributed by atoms with E-state index >= 15 is 0 Å². The van der Waals surface area contributed by atoms with Crippen LogP contribution in [0, 0.1) is 0 Å². The summed E-state index contributed by atoms with van der Waals surface area (Å²) >= 11 is 0. The normalized spacial score (nSPS) is 22.0. The number of nitrogens with one attached hydrogen (secondary N) is 2. The topological polar surface area (TPSA) is 95.5 Å². The van der Waals surface area contributed by atoms with Crippen molar-refractivity contribution in [2.75, 3.05) is 22.1 Å². The number of sulfone groups is 1. The second-order valence-electron chi connectivity index (χ2n) is 5.79. The Labute approximate surface area is 140 Å². The number of hydrogen-bond donors (Lipinski definition) is 3. The predicted octanol–water partition coefficient (Wildman–Crippen LogP) is 1.51. The van der Waals surface area contributed by atoms with Crippen LogP contribution in [-0.4, -0.2) is 43.1 Å². The van der Waals surface area contributed by atoms with Gasteiger partial charge in [0.1, 0.15) is 0 Å². The standard InChI is InChI=1S/C17H18N2O4S/c20-16-11-24(22,23)10-15(16)18-13-6-8-14(9-7-13)19-17(21)12-4-2-1-3-5-12/h1-9,15-16,18,20H,10-11H2,(H,19,21). The molecular formula is C17H18N2O4S. The Morgan fingerprint density at radius 1 is 0.958 bits per heavy atom. The number of aliphatic hydroxyl groups excluding tert-OH is 1. The molecule has 2 aromatic carbocycles. The maximum absolute atomic E-state index is 12.1. The van der Waals surface area contributed by atoms with Gasteiger partial charge in [0, 0.05) is 16.9 Å². The first kappa shape index (κ1) is 16.5. The largest absolute Gasteiger partial charge is 0.390 e. The van der Waals surface area contributed by atoms with Crippen LogP contribution in [0.25, 0.3) is 0 Å². The van der Waals surface area contributed by atoms with Crippen molar-refractivity contribution in [2.45, 2.75) is 12.1 Å². The first-order chi connectivity index (χ1) is 11.4. The molecule has 1 amide bonds. The molecule has 0 aliphatic carbocycles. The Morgan fingerprint density at radius 2 is 1.58 bits per heavy atom.